The van der Waals surface area contributed by atoms with Crippen molar-refractivity contribution in [1.82, 2.24) is 15.6 Å². The summed E-state index contributed by atoms with van der Waals surface area (Å²) < 4.78 is 5.34. The van der Waals surface area contributed by atoms with E-state index in [1.54, 1.807) is 18.4 Å². The maximum absolute atomic E-state index is 5.34. The number of nitrogens with one attached hydrogen (secondary N) is 2. The smallest absolute Gasteiger partial charge is 0.191 e. The zero-order chi connectivity index (χ0) is 19.8. The van der Waals surface area contributed by atoms with E-state index in [4.69, 9.17) is 9.72 Å². The fraction of sp³-hybridized carbons (Fsp3) is 0.545. The van der Waals surface area contributed by atoms with Gasteiger partial charge in [0.15, 0.2) is 5.96 Å². The SMILES string of the molecule is CN=C(NCc1sc(-c2ccccc2)nc1C)NCC1(CCOC)CCCC1. The van der Waals surface area contributed by atoms with Crippen molar-refractivity contribution in [2.75, 3.05) is 27.3 Å². The van der Waals surface area contributed by atoms with Crippen LogP contribution in [0.4, 0.5) is 0 Å². The molecule has 0 bridgehead atoms. The largest absolute Gasteiger partial charge is 0.385 e. The molecule has 0 amide bonds. The number of methoxy groups -OCH3 is 1. The van der Waals surface area contributed by atoms with Gasteiger partial charge in [0.05, 0.1) is 12.2 Å². The van der Waals surface area contributed by atoms with Gasteiger partial charge in [0.2, 0.25) is 0 Å². The van der Waals surface area contributed by atoms with Gasteiger partial charge >= 0.3 is 0 Å². The molecular formula is C22H32N4OS. The molecular weight excluding hydrogens is 368 g/mol. The number of rotatable bonds is 8. The predicted molar refractivity (Wildman–Crippen MR) is 118 cm³/mol. The average Bonchev–Trinajstić information content (AvgIpc) is 3.34. The van der Waals surface area contributed by atoms with Crippen LogP contribution in [-0.2, 0) is 11.3 Å². The standard InChI is InChI=1S/C22H32N4OS/c1-17-19(28-20(26-17)18-9-5-4-6-10-18)15-24-21(23-2)25-16-22(13-14-27-3)11-7-8-12-22/h4-6,9-10H,7-8,11-16H2,1-3H3,(H2,23,24,25). The number of hydrogen-bond donors (Lipinski definition) is 2. The molecule has 0 spiro atoms. The second kappa shape index (κ2) is 10.0. The molecule has 0 radical (unpaired) electrons. The summed E-state index contributed by atoms with van der Waals surface area (Å²) in [5.41, 5.74) is 2.60. The van der Waals surface area contributed by atoms with Gasteiger partial charge in [0.25, 0.3) is 0 Å². The van der Waals surface area contributed by atoms with Crippen LogP contribution < -0.4 is 10.6 Å². The Kier molecular flexibility index (Phi) is 7.45. The lowest BCUT2D eigenvalue weighted by Gasteiger charge is -2.29. The Morgan fingerprint density at radius 1 is 1.21 bits per heavy atom. The van der Waals surface area contributed by atoms with Crippen molar-refractivity contribution in [2.24, 2.45) is 10.4 Å². The highest BCUT2D eigenvalue weighted by atomic mass is 32.1. The number of ether oxygens (including phenoxy) is 1. The van der Waals surface area contributed by atoms with Gasteiger partial charge in [-0.05, 0) is 31.6 Å². The van der Waals surface area contributed by atoms with E-state index in [9.17, 15) is 0 Å². The molecule has 2 aromatic rings. The Morgan fingerprint density at radius 2 is 1.96 bits per heavy atom. The van der Waals surface area contributed by atoms with Gasteiger partial charge in [-0.15, -0.1) is 11.3 Å². The van der Waals surface area contributed by atoms with Crippen LogP contribution in [0.1, 0.15) is 42.7 Å². The lowest BCUT2D eigenvalue weighted by atomic mass is 9.83. The summed E-state index contributed by atoms with van der Waals surface area (Å²) in [4.78, 5) is 10.4. The highest BCUT2D eigenvalue weighted by molar-refractivity contribution is 7.15. The number of guanidine groups is 1. The molecule has 5 nitrogen and oxygen atoms in total. The van der Waals surface area contributed by atoms with Crippen LogP contribution in [0.5, 0.6) is 0 Å². The number of aromatic nitrogens is 1. The molecule has 1 saturated carbocycles. The van der Waals surface area contributed by atoms with Crippen molar-refractivity contribution in [3.63, 3.8) is 0 Å². The minimum Gasteiger partial charge on any atom is -0.385 e. The molecule has 1 heterocycles. The van der Waals surface area contributed by atoms with Gasteiger partial charge in [-0.1, -0.05) is 43.2 Å². The van der Waals surface area contributed by atoms with E-state index in [0.29, 0.717) is 5.41 Å². The summed E-state index contributed by atoms with van der Waals surface area (Å²) in [6.45, 7) is 4.60. The van der Waals surface area contributed by atoms with E-state index in [0.717, 1.165) is 42.8 Å². The molecule has 1 aromatic heterocycles. The van der Waals surface area contributed by atoms with Crippen molar-refractivity contribution < 1.29 is 4.74 Å². The molecule has 0 unspecified atom stereocenters. The fourth-order valence-electron chi connectivity index (χ4n) is 3.91. The molecule has 1 aromatic carbocycles. The molecule has 28 heavy (non-hydrogen) atoms. The molecule has 1 aliphatic rings. The average molecular weight is 401 g/mol. The van der Waals surface area contributed by atoms with E-state index >= 15 is 0 Å². The minimum atomic E-state index is 0.342. The third-order valence-corrected chi connectivity index (χ3v) is 6.89. The van der Waals surface area contributed by atoms with Gasteiger partial charge in [0, 0.05) is 37.7 Å². The number of thiazole rings is 1. The second-order valence-corrected chi connectivity index (χ2v) is 8.71. The maximum Gasteiger partial charge on any atom is 0.191 e. The van der Waals surface area contributed by atoms with Gasteiger partial charge in [0.1, 0.15) is 5.01 Å². The first-order valence-electron chi connectivity index (χ1n) is 10.1. The van der Waals surface area contributed by atoms with E-state index < -0.39 is 0 Å². The number of nitrogens with zero attached hydrogens (tertiary/aromatic N) is 2. The van der Waals surface area contributed by atoms with Crippen molar-refractivity contribution in [2.45, 2.75) is 45.6 Å². The van der Waals surface area contributed by atoms with E-state index in [2.05, 4.69) is 46.8 Å². The predicted octanol–water partition coefficient (Wildman–Crippen LogP) is 4.38. The quantitative estimate of drug-likeness (QED) is 0.510. The summed E-state index contributed by atoms with van der Waals surface area (Å²) in [7, 11) is 3.62. The lowest BCUT2D eigenvalue weighted by Crippen LogP contribution is -2.43. The van der Waals surface area contributed by atoms with Crippen molar-refractivity contribution in [3.8, 4) is 10.6 Å². The van der Waals surface area contributed by atoms with Crippen LogP contribution in [0, 0.1) is 12.3 Å². The summed E-state index contributed by atoms with van der Waals surface area (Å²) in [5.74, 6) is 0.859. The molecule has 0 aliphatic heterocycles. The third-order valence-electron chi connectivity index (χ3n) is 5.68. The Labute approximate surface area is 172 Å². The zero-order valence-electron chi connectivity index (χ0n) is 17.3. The van der Waals surface area contributed by atoms with Crippen LogP contribution in [0.2, 0.25) is 0 Å². The number of hydrogen-bond acceptors (Lipinski definition) is 4. The Balaban J connectivity index is 1.56. The molecule has 6 heteroatoms. The number of aliphatic imine (C=N–C) groups is 1. The Bertz CT molecular complexity index is 766. The highest BCUT2D eigenvalue weighted by Gasteiger charge is 2.33. The van der Waals surface area contributed by atoms with Crippen LogP contribution in [-0.4, -0.2) is 38.3 Å². The van der Waals surface area contributed by atoms with E-state index in [1.165, 1.54) is 36.1 Å². The van der Waals surface area contributed by atoms with E-state index in [1.807, 2.05) is 13.1 Å². The molecule has 0 atom stereocenters. The molecule has 152 valence electrons. The van der Waals surface area contributed by atoms with Gasteiger partial charge in [-0.2, -0.15) is 0 Å². The minimum absolute atomic E-state index is 0.342. The van der Waals surface area contributed by atoms with Crippen LogP contribution >= 0.6 is 11.3 Å². The van der Waals surface area contributed by atoms with Crippen LogP contribution in [0.3, 0.4) is 0 Å². The Hall–Kier alpha value is -1.92. The first-order chi connectivity index (χ1) is 13.7. The topological polar surface area (TPSA) is 58.5 Å². The van der Waals surface area contributed by atoms with Crippen molar-refractivity contribution >= 4 is 17.3 Å². The molecule has 2 N–H and O–H groups in total. The summed E-state index contributed by atoms with van der Waals surface area (Å²) >= 11 is 1.75. The molecule has 3 rings (SSSR count). The zero-order valence-corrected chi connectivity index (χ0v) is 18.1. The van der Waals surface area contributed by atoms with Crippen molar-refractivity contribution in [3.05, 3.63) is 40.9 Å². The number of aryl methyl sites for hydroxylation is 1. The lowest BCUT2D eigenvalue weighted by molar-refractivity contribution is 0.138. The second-order valence-electron chi connectivity index (χ2n) is 7.62. The summed E-state index contributed by atoms with van der Waals surface area (Å²) in [6, 6.07) is 10.4. The molecule has 1 fully saturated rings. The summed E-state index contributed by atoms with van der Waals surface area (Å²) in [6.07, 6.45) is 6.30. The van der Waals surface area contributed by atoms with Gasteiger partial charge < -0.3 is 15.4 Å². The molecule has 1 aliphatic carbocycles. The van der Waals surface area contributed by atoms with Crippen LogP contribution in [0.15, 0.2) is 35.3 Å². The first kappa shape index (κ1) is 20.8. The van der Waals surface area contributed by atoms with Crippen LogP contribution in [0.25, 0.3) is 10.6 Å². The monoisotopic (exact) mass is 400 g/mol. The summed E-state index contributed by atoms with van der Waals surface area (Å²) in [5, 5.41) is 8.10. The van der Waals surface area contributed by atoms with E-state index in [-0.39, 0.29) is 0 Å². The maximum atomic E-state index is 5.34. The van der Waals surface area contributed by atoms with Gasteiger partial charge in [-0.25, -0.2) is 4.98 Å². The number of benzene rings is 1. The highest BCUT2D eigenvalue weighted by Crippen LogP contribution is 2.40. The third kappa shape index (κ3) is 5.32. The first-order valence-corrected chi connectivity index (χ1v) is 10.9. The Morgan fingerprint density at radius 3 is 2.64 bits per heavy atom. The van der Waals surface area contributed by atoms with Crippen molar-refractivity contribution in [1.29, 1.82) is 0 Å². The molecule has 0 saturated heterocycles. The fourth-order valence-corrected chi connectivity index (χ4v) is 4.92. The normalized spacial score (nSPS) is 16.3. The van der Waals surface area contributed by atoms with Gasteiger partial charge in [-0.3, -0.25) is 4.99 Å².